The molecule has 1 N–H and O–H groups in total. The molecule has 0 aliphatic carbocycles. The van der Waals surface area contributed by atoms with E-state index in [9.17, 15) is 10.1 Å². The predicted octanol–water partition coefficient (Wildman–Crippen LogP) is 5.30. The maximum Gasteiger partial charge on any atom is 0.266 e. The van der Waals surface area contributed by atoms with E-state index < -0.39 is 5.91 Å². The second kappa shape index (κ2) is 10.9. The van der Waals surface area contributed by atoms with Crippen LogP contribution < -0.4 is 14.8 Å². The summed E-state index contributed by atoms with van der Waals surface area (Å²) >= 11 is 3.35. The standard InChI is InChI=1S/C23H21BrN2O3/c1-4-7-17-11-16(13-21(28-3)22(17)29-10-5-2)12-18(15-25)23(27)26-20-9-6-8-19(24)14-20/h4-6,8-9,11-14H,1-2,7,10H2,3H3,(H,26,27)/b18-12-. The molecular formula is C23H21BrN2O3. The van der Waals surface area contributed by atoms with E-state index in [4.69, 9.17) is 9.47 Å². The second-order valence-electron chi connectivity index (χ2n) is 5.94. The van der Waals surface area contributed by atoms with Gasteiger partial charge in [-0.1, -0.05) is 40.7 Å². The van der Waals surface area contributed by atoms with E-state index in [2.05, 4.69) is 34.4 Å². The Morgan fingerprint density at radius 3 is 2.69 bits per heavy atom. The van der Waals surface area contributed by atoms with Crippen LogP contribution in [0.3, 0.4) is 0 Å². The first kappa shape index (κ1) is 22.0. The molecule has 6 heteroatoms. The van der Waals surface area contributed by atoms with E-state index >= 15 is 0 Å². The molecule has 0 saturated carbocycles. The number of methoxy groups -OCH3 is 1. The summed E-state index contributed by atoms with van der Waals surface area (Å²) in [6.45, 7) is 7.75. The lowest BCUT2D eigenvalue weighted by Gasteiger charge is -2.15. The molecule has 0 heterocycles. The summed E-state index contributed by atoms with van der Waals surface area (Å²) in [6, 6.07) is 12.7. The second-order valence-corrected chi connectivity index (χ2v) is 6.85. The van der Waals surface area contributed by atoms with Crippen LogP contribution in [-0.4, -0.2) is 19.6 Å². The minimum absolute atomic E-state index is 0.0312. The van der Waals surface area contributed by atoms with Gasteiger partial charge in [-0.15, -0.1) is 6.58 Å². The fraction of sp³-hybridized carbons (Fsp3) is 0.130. The van der Waals surface area contributed by atoms with Gasteiger partial charge in [0, 0.05) is 15.7 Å². The lowest BCUT2D eigenvalue weighted by atomic mass is 10.0. The lowest BCUT2D eigenvalue weighted by molar-refractivity contribution is -0.112. The van der Waals surface area contributed by atoms with Crippen molar-refractivity contribution >= 4 is 33.6 Å². The number of nitrogens with one attached hydrogen (secondary N) is 1. The summed E-state index contributed by atoms with van der Waals surface area (Å²) in [4.78, 5) is 12.5. The first-order chi connectivity index (χ1) is 14.0. The number of nitriles is 1. The van der Waals surface area contributed by atoms with Crippen molar-refractivity contribution in [1.82, 2.24) is 0 Å². The molecule has 0 bridgehead atoms. The van der Waals surface area contributed by atoms with Crippen molar-refractivity contribution in [3.8, 4) is 17.6 Å². The number of ether oxygens (including phenoxy) is 2. The van der Waals surface area contributed by atoms with E-state index in [0.717, 1.165) is 10.0 Å². The zero-order chi connectivity index (χ0) is 21.2. The number of nitrogens with zero attached hydrogens (tertiary/aromatic N) is 1. The van der Waals surface area contributed by atoms with Crippen LogP contribution in [0.25, 0.3) is 6.08 Å². The van der Waals surface area contributed by atoms with Crippen molar-refractivity contribution in [2.45, 2.75) is 6.42 Å². The molecule has 2 aromatic carbocycles. The number of rotatable bonds is 9. The maximum atomic E-state index is 12.5. The molecule has 29 heavy (non-hydrogen) atoms. The van der Waals surface area contributed by atoms with Crippen molar-refractivity contribution in [2.75, 3.05) is 19.0 Å². The van der Waals surface area contributed by atoms with Gasteiger partial charge in [0.15, 0.2) is 11.5 Å². The van der Waals surface area contributed by atoms with Crippen molar-refractivity contribution < 1.29 is 14.3 Å². The Hall–Kier alpha value is -3.30. The van der Waals surface area contributed by atoms with Crippen LogP contribution in [0.5, 0.6) is 11.5 Å². The van der Waals surface area contributed by atoms with Gasteiger partial charge in [-0.05, 0) is 48.4 Å². The van der Waals surface area contributed by atoms with Crippen LogP contribution in [0.4, 0.5) is 5.69 Å². The third-order valence-corrected chi connectivity index (χ3v) is 4.34. The van der Waals surface area contributed by atoms with Crippen molar-refractivity contribution in [1.29, 1.82) is 5.26 Å². The predicted molar refractivity (Wildman–Crippen MR) is 119 cm³/mol. The van der Waals surface area contributed by atoms with E-state index in [1.165, 1.54) is 13.2 Å². The molecule has 0 atom stereocenters. The third-order valence-electron chi connectivity index (χ3n) is 3.84. The molecule has 2 aromatic rings. The summed E-state index contributed by atoms with van der Waals surface area (Å²) < 4.78 is 12.0. The Labute approximate surface area is 179 Å². The van der Waals surface area contributed by atoms with Gasteiger partial charge in [0.1, 0.15) is 18.2 Å². The van der Waals surface area contributed by atoms with Gasteiger partial charge in [0.25, 0.3) is 5.91 Å². The van der Waals surface area contributed by atoms with Crippen LogP contribution >= 0.6 is 15.9 Å². The van der Waals surface area contributed by atoms with Gasteiger partial charge in [-0.25, -0.2) is 0 Å². The van der Waals surface area contributed by atoms with Gasteiger partial charge in [0.05, 0.1) is 7.11 Å². The fourth-order valence-corrected chi connectivity index (χ4v) is 3.01. The van der Waals surface area contributed by atoms with Gasteiger partial charge in [-0.2, -0.15) is 5.26 Å². The highest BCUT2D eigenvalue weighted by Gasteiger charge is 2.14. The molecule has 5 nitrogen and oxygen atoms in total. The molecule has 2 rings (SSSR count). The van der Waals surface area contributed by atoms with Crippen molar-refractivity contribution in [3.05, 3.63) is 82.9 Å². The van der Waals surface area contributed by atoms with Gasteiger partial charge >= 0.3 is 0 Å². The summed E-state index contributed by atoms with van der Waals surface area (Å²) in [7, 11) is 1.53. The molecule has 0 fully saturated rings. The van der Waals surface area contributed by atoms with Crippen molar-refractivity contribution in [2.24, 2.45) is 0 Å². The number of allylic oxidation sites excluding steroid dienone is 1. The van der Waals surface area contributed by atoms with Gasteiger partial charge in [0.2, 0.25) is 0 Å². The van der Waals surface area contributed by atoms with Crippen molar-refractivity contribution in [3.63, 3.8) is 0 Å². The van der Waals surface area contributed by atoms with Gasteiger partial charge in [-0.3, -0.25) is 4.79 Å². The SMILES string of the molecule is C=CCOc1c(CC=C)cc(/C=C(/C#N)C(=O)Nc2cccc(Br)c2)cc1OC. The average Bonchev–Trinajstić information content (AvgIpc) is 2.71. The minimum Gasteiger partial charge on any atom is -0.493 e. The molecule has 0 radical (unpaired) electrons. The number of carbonyl (C=O) groups is 1. The molecular weight excluding hydrogens is 432 g/mol. The number of hydrogen-bond acceptors (Lipinski definition) is 4. The maximum absolute atomic E-state index is 12.5. The molecule has 0 unspecified atom stereocenters. The summed E-state index contributed by atoms with van der Waals surface area (Å²) in [5.41, 5.74) is 2.03. The Balaban J connectivity index is 2.39. The van der Waals surface area contributed by atoms with Crippen LogP contribution in [0.1, 0.15) is 11.1 Å². The van der Waals surface area contributed by atoms with Crippen LogP contribution in [0.2, 0.25) is 0 Å². The summed E-state index contributed by atoms with van der Waals surface area (Å²) in [6.07, 6.45) is 5.44. The monoisotopic (exact) mass is 452 g/mol. The quantitative estimate of drug-likeness (QED) is 0.318. The summed E-state index contributed by atoms with van der Waals surface area (Å²) in [5, 5.41) is 12.2. The Kier molecular flexibility index (Phi) is 8.26. The number of anilines is 1. The number of amides is 1. The number of benzene rings is 2. The minimum atomic E-state index is -0.498. The van der Waals surface area contributed by atoms with E-state index in [-0.39, 0.29) is 5.57 Å². The molecule has 0 aromatic heterocycles. The van der Waals surface area contributed by atoms with E-state index in [0.29, 0.717) is 35.8 Å². The summed E-state index contributed by atoms with van der Waals surface area (Å²) in [5.74, 6) is 0.588. The Bertz CT molecular complexity index is 990. The van der Waals surface area contributed by atoms with Crippen LogP contribution in [-0.2, 0) is 11.2 Å². The highest BCUT2D eigenvalue weighted by molar-refractivity contribution is 9.10. The number of carbonyl (C=O) groups excluding carboxylic acids is 1. The molecule has 0 aliphatic heterocycles. The normalized spacial score (nSPS) is 10.6. The highest BCUT2D eigenvalue weighted by Crippen LogP contribution is 2.34. The third kappa shape index (κ3) is 6.09. The van der Waals surface area contributed by atoms with Crippen LogP contribution in [0.15, 0.2) is 71.8 Å². The molecule has 0 saturated heterocycles. The highest BCUT2D eigenvalue weighted by atomic mass is 79.9. The first-order valence-electron chi connectivity index (χ1n) is 8.76. The Morgan fingerprint density at radius 1 is 1.28 bits per heavy atom. The molecule has 0 spiro atoms. The molecule has 1 amide bonds. The fourth-order valence-electron chi connectivity index (χ4n) is 2.61. The zero-order valence-corrected chi connectivity index (χ0v) is 17.7. The van der Waals surface area contributed by atoms with Crippen LogP contribution in [0, 0.1) is 11.3 Å². The van der Waals surface area contributed by atoms with E-state index in [1.807, 2.05) is 18.2 Å². The number of halogens is 1. The van der Waals surface area contributed by atoms with Gasteiger partial charge < -0.3 is 14.8 Å². The van der Waals surface area contributed by atoms with E-state index in [1.54, 1.807) is 36.4 Å². The smallest absolute Gasteiger partial charge is 0.266 e. The molecule has 0 aliphatic rings. The Morgan fingerprint density at radius 2 is 2.07 bits per heavy atom. The average molecular weight is 453 g/mol. The molecule has 148 valence electrons. The first-order valence-corrected chi connectivity index (χ1v) is 9.55. The lowest BCUT2D eigenvalue weighted by Crippen LogP contribution is -2.13. The zero-order valence-electron chi connectivity index (χ0n) is 16.1. The number of hydrogen-bond donors (Lipinski definition) is 1. The topological polar surface area (TPSA) is 71.3 Å². The largest absolute Gasteiger partial charge is 0.493 e.